The van der Waals surface area contributed by atoms with E-state index in [1.165, 1.54) is 167 Å². The first-order valence-corrected chi connectivity index (χ1v) is 36.7. The Hall–Kier alpha value is -4.74. The Kier molecular flexibility index (Phi) is 72.4. The van der Waals surface area contributed by atoms with Gasteiger partial charge in [0.05, 0.1) is 6.61 Å². The Morgan fingerprint density at radius 2 is 0.455 bits per heavy atom. The third-order valence-electron chi connectivity index (χ3n) is 15.5. The molecule has 0 aromatic carbocycles. The number of allylic oxidation sites excluding steroid dienone is 28. The molecule has 0 heterocycles. The van der Waals surface area contributed by atoms with Gasteiger partial charge in [0.25, 0.3) is 0 Å². The maximum atomic E-state index is 12.4. The molecule has 0 aromatic heterocycles. The van der Waals surface area contributed by atoms with Crippen molar-refractivity contribution in [3.8, 4) is 0 Å². The Morgan fingerprint density at radius 3 is 0.682 bits per heavy atom. The Balaban J connectivity index is 3.51. The van der Waals surface area contributed by atoms with Gasteiger partial charge in [-0.3, -0.25) is 9.59 Å². The van der Waals surface area contributed by atoms with E-state index in [9.17, 15) is 14.7 Å². The maximum Gasteiger partial charge on any atom is 0.306 e. The molecule has 1 atom stereocenters. The summed E-state index contributed by atoms with van der Waals surface area (Å²) in [4.78, 5) is 24.7. The van der Waals surface area contributed by atoms with Gasteiger partial charge in [-0.05, 0) is 128 Å². The summed E-state index contributed by atoms with van der Waals surface area (Å²) in [5.74, 6) is -0.589. The normalized spacial score (nSPS) is 13.3. The van der Waals surface area contributed by atoms with Crippen LogP contribution in [0.3, 0.4) is 0 Å². The van der Waals surface area contributed by atoms with Crippen LogP contribution in [0.15, 0.2) is 170 Å². The molecule has 5 heteroatoms. The molecule has 0 aliphatic heterocycles. The highest BCUT2D eigenvalue weighted by atomic mass is 16.6. The van der Waals surface area contributed by atoms with Crippen molar-refractivity contribution < 1.29 is 24.2 Å². The number of carbonyl (C=O) groups excluding carboxylic acids is 2. The lowest BCUT2D eigenvalue weighted by Crippen LogP contribution is -2.28. The lowest BCUT2D eigenvalue weighted by molar-refractivity contribution is -0.161. The van der Waals surface area contributed by atoms with Crippen LogP contribution in [0.25, 0.3) is 0 Å². The van der Waals surface area contributed by atoms with Crippen LogP contribution in [0, 0.1) is 0 Å². The number of carbonyl (C=O) groups is 2. The van der Waals surface area contributed by atoms with E-state index >= 15 is 0 Å². The number of unbranched alkanes of at least 4 members (excludes halogenated alkanes) is 30. The molecule has 0 rings (SSSR count). The molecule has 1 N–H and O–H groups in total. The quantitative estimate of drug-likeness (QED) is 0.0373. The number of ether oxygens (including phenoxy) is 2. The van der Waals surface area contributed by atoms with Crippen molar-refractivity contribution in [3.63, 3.8) is 0 Å². The van der Waals surface area contributed by atoms with Crippen molar-refractivity contribution >= 4 is 11.9 Å². The molecule has 0 saturated carbocycles. The van der Waals surface area contributed by atoms with Crippen molar-refractivity contribution in [3.05, 3.63) is 170 Å². The molecule has 0 amide bonds. The highest BCUT2D eigenvalue weighted by Crippen LogP contribution is 2.17. The van der Waals surface area contributed by atoms with Crippen LogP contribution in [0.5, 0.6) is 0 Å². The molecular weight excluding hydrogens is 1080 g/mol. The second-order valence-electron chi connectivity index (χ2n) is 23.9. The fraction of sp³-hybridized carbons (Fsp3) is 0.639. The molecule has 0 bridgehead atoms. The van der Waals surface area contributed by atoms with Gasteiger partial charge in [-0.25, -0.2) is 0 Å². The number of hydrogen-bond donors (Lipinski definition) is 1. The van der Waals surface area contributed by atoms with Gasteiger partial charge in [-0.2, -0.15) is 0 Å². The highest BCUT2D eigenvalue weighted by Gasteiger charge is 2.16. The summed E-state index contributed by atoms with van der Waals surface area (Å²) in [6, 6.07) is 0. The minimum atomic E-state index is -0.783. The zero-order chi connectivity index (χ0) is 63.3. The van der Waals surface area contributed by atoms with Gasteiger partial charge in [-0.15, -0.1) is 0 Å². The summed E-state index contributed by atoms with van der Waals surface area (Å²) >= 11 is 0. The third-order valence-corrected chi connectivity index (χ3v) is 15.5. The predicted molar refractivity (Wildman–Crippen MR) is 389 cm³/mol. The van der Waals surface area contributed by atoms with Crippen molar-refractivity contribution in [1.82, 2.24) is 0 Å². The van der Waals surface area contributed by atoms with Gasteiger partial charge in [0, 0.05) is 12.8 Å². The SMILES string of the molecule is CC/C=C\C/C=C\C/C=C\C/C=C\C/C=C\C/C=C\C/C=C\C/C=C\C/C=C\CCCCCCCCCCCCCCCC(=O)OC(CO)COC(=O)CCCCCCCCCCCCCCCCCCC/C=C\C/C=C\C/C=C\C/C=C\C/C=C\CC. The standard InChI is InChI=1S/C83H136O5/c1-3-5-7-9-11-13-15-17-19-21-23-25-27-29-31-33-35-37-38-39-40-41-42-43-44-46-48-50-52-54-56-58-60-62-64-66-68-70-72-74-76-78-83(86)88-81(79-84)80-87-82(85)77-75-73-71-69-67-65-63-61-59-57-55-53-51-49-47-45-36-34-32-30-28-26-24-22-20-18-16-14-12-10-8-6-4-2/h5-8,11-14,17-20,23-26,29-32,35,37,39-40,42-43,46,48,81,84H,3-4,9-10,15-16,21-22,27-28,33-34,36,38,41,44-45,47,49-80H2,1-2H3/b7-5-,8-6-,13-11-,14-12-,19-17-,20-18-,25-23-,26-24-,31-29-,32-30-,37-35-,40-39-,43-42-,48-46-. The molecule has 0 fully saturated rings. The minimum absolute atomic E-state index is 0.0715. The van der Waals surface area contributed by atoms with Crippen LogP contribution < -0.4 is 0 Å². The van der Waals surface area contributed by atoms with Gasteiger partial charge in [0.1, 0.15) is 6.61 Å². The Morgan fingerprint density at radius 1 is 0.261 bits per heavy atom. The molecule has 5 nitrogen and oxygen atoms in total. The number of aliphatic hydroxyl groups excluding tert-OH is 1. The van der Waals surface area contributed by atoms with Gasteiger partial charge in [0.2, 0.25) is 0 Å². The van der Waals surface area contributed by atoms with Gasteiger partial charge < -0.3 is 14.6 Å². The molecule has 0 spiro atoms. The van der Waals surface area contributed by atoms with E-state index in [1.807, 2.05) is 0 Å². The smallest absolute Gasteiger partial charge is 0.306 e. The van der Waals surface area contributed by atoms with Crippen LogP contribution in [0.2, 0.25) is 0 Å². The zero-order valence-corrected chi connectivity index (χ0v) is 57.2. The number of aliphatic hydroxyl groups is 1. The second-order valence-corrected chi connectivity index (χ2v) is 23.9. The van der Waals surface area contributed by atoms with E-state index in [1.54, 1.807) is 0 Å². The summed E-state index contributed by atoms with van der Waals surface area (Å²) in [5.41, 5.74) is 0. The van der Waals surface area contributed by atoms with E-state index in [0.717, 1.165) is 128 Å². The van der Waals surface area contributed by atoms with E-state index in [2.05, 4.69) is 184 Å². The maximum absolute atomic E-state index is 12.4. The minimum Gasteiger partial charge on any atom is -0.462 e. The summed E-state index contributed by atoms with van der Waals surface area (Å²) in [6.45, 7) is 3.93. The molecule has 0 saturated heterocycles. The van der Waals surface area contributed by atoms with Crippen LogP contribution >= 0.6 is 0 Å². The molecular formula is C83H136O5. The third kappa shape index (κ3) is 73.7. The summed E-state index contributed by atoms with van der Waals surface area (Å²) in [6.07, 6.45) is 118. The van der Waals surface area contributed by atoms with Gasteiger partial charge in [-0.1, -0.05) is 351 Å². The molecule has 0 aliphatic carbocycles. The molecule has 1 unspecified atom stereocenters. The monoisotopic (exact) mass is 1210 g/mol. The van der Waals surface area contributed by atoms with Crippen LogP contribution in [-0.2, 0) is 19.1 Å². The van der Waals surface area contributed by atoms with E-state index in [-0.39, 0.29) is 25.2 Å². The van der Waals surface area contributed by atoms with Crippen molar-refractivity contribution in [1.29, 1.82) is 0 Å². The molecule has 498 valence electrons. The summed E-state index contributed by atoms with van der Waals surface area (Å²) in [5, 5.41) is 9.72. The summed E-state index contributed by atoms with van der Waals surface area (Å²) < 4.78 is 10.8. The Bertz CT molecular complexity index is 1910. The highest BCUT2D eigenvalue weighted by molar-refractivity contribution is 5.70. The molecule has 0 aliphatic rings. The average Bonchev–Trinajstić information content (AvgIpc) is 3.56. The van der Waals surface area contributed by atoms with Gasteiger partial charge in [0.15, 0.2) is 6.10 Å². The zero-order valence-electron chi connectivity index (χ0n) is 57.2. The van der Waals surface area contributed by atoms with E-state index in [0.29, 0.717) is 12.8 Å². The topological polar surface area (TPSA) is 72.8 Å². The van der Waals surface area contributed by atoms with Crippen LogP contribution in [0.4, 0.5) is 0 Å². The van der Waals surface area contributed by atoms with Crippen molar-refractivity contribution in [2.45, 2.75) is 328 Å². The first-order chi connectivity index (χ1) is 43.6. The van der Waals surface area contributed by atoms with Crippen molar-refractivity contribution in [2.24, 2.45) is 0 Å². The first kappa shape index (κ1) is 83.3. The molecule has 88 heavy (non-hydrogen) atoms. The van der Waals surface area contributed by atoms with Crippen LogP contribution in [0.1, 0.15) is 322 Å². The van der Waals surface area contributed by atoms with Crippen LogP contribution in [-0.4, -0.2) is 36.4 Å². The Labute approximate surface area is 544 Å². The van der Waals surface area contributed by atoms with Crippen molar-refractivity contribution in [2.75, 3.05) is 13.2 Å². The average molecular weight is 1210 g/mol. The fourth-order valence-electron chi connectivity index (χ4n) is 10.1. The van der Waals surface area contributed by atoms with Gasteiger partial charge >= 0.3 is 11.9 Å². The molecule has 0 aromatic rings. The van der Waals surface area contributed by atoms with E-state index < -0.39 is 6.10 Å². The summed E-state index contributed by atoms with van der Waals surface area (Å²) in [7, 11) is 0. The lowest BCUT2D eigenvalue weighted by atomic mass is 10.0. The second kappa shape index (κ2) is 76.5. The lowest BCUT2D eigenvalue weighted by Gasteiger charge is -2.15. The largest absolute Gasteiger partial charge is 0.462 e. The molecule has 0 radical (unpaired) electrons. The van der Waals surface area contributed by atoms with E-state index in [4.69, 9.17) is 9.47 Å². The number of hydrogen-bond acceptors (Lipinski definition) is 5. The fourth-order valence-corrected chi connectivity index (χ4v) is 10.1. The number of rotatable bonds is 66. The first-order valence-electron chi connectivity index (χ1n) is 36.7. The predicted octanol–water partition coefficient (Wildman–Crippen LogP) is 26.0. The number of esters is 2.